The molecule has 1 fully saturated rings. The largest absolute Gasteiger partial charge is 0.495 e. The summed E-state index contributed by atoms with van der Waals surface area (Å²) in [6, 6.07) is 7.41. The molecule has 2 aromatic heterocycles. The average molecular weight is 500 g/mol. The third-order valence-electron chi connectivity index (χ3n) is 6.43. The van der Waals surface area contributed by atoms with Crippen LogP contribution in [0.3, 0.4) is 0 Å². The first-order valence-corrected chi connectivity index (χ1v) is 11.7. The number of imidazole rings is 1. The first kappa shape index (κ1) is 25.2. The number of nitrogens with zero attached hydrogens (tertiary/aromatic N) is 5. The Balaban J connectivity index is 1.63. The molecule has 1 amide bonds. The second-order valence-electron chi connectivity index (χ2n) is 8.80. The van der Waals surface area contributed by atoms with E-state index in [1.807, 2.05) is 24.3 Å². The van der Waals surface area contributed by atoms with E-state index in [1.165, 1.54) is 11.7 Å². The number of carbonyl (C=O) groups excluding carboxylic acids is 1. The van der Waals surface area contributed by atoms with E-state index in [2.05, 4.69) is 22.0 Å². The van der Waals surface area contributed by atoms with Crippen LogP contribution in [0.25, 0.3) is 27.9 Å². The number of carbonyl (C=O) groups is 1. The molecule has 1 aliphatic heterocycles. The van der Waals surface area contributed by atoms with Crippen LogP contribution in [0, 0.1) is 6.92 Å². The molecule has 0 spiro atoms. The number of aliphatic imine (C=N–C) groups is 1. The van der Waals surface area contributed by atoms with Gasteiger partial charge >= 0.3 is 0 Å². The Hall–Kier alpha value is -3.89. The minimum atomic E-state index is -2.49. The maximum absolute atomic E-state index is 13.2. The van der Waals surface area contributed by atoms with Crippen molar-refractivity contribution in [3.63, 3.8) is 0 Å². The maximum atomic E-state index is 13.2. The normalized spacial score (nSPS) is 15.1. The summed E-state index contributed by atoms with van der Waals surface area (Å²) >= 11 is 0. The molecule has 9 nitrogen and oxygen atoms in total. The number of nitrogens with two attached hydrogens (primary N) is 1. The molecular formula is C25H31F2N7O2. The lowest BCUT2D eigenvalue weighted by atomic mass is 10.0. The molecule has 1 aromatic carbocycles. The Kier molecular flexibility index (Phi) is 7.27. The summed E-state index contributed by atoms with van der Waals surface area (Å²) in [5.74, 6) is 1.21. The van der Waals surface area contributed by atoms with Crippen molar-refractivity contribution < 1.29 is 18.3 Å². The van der Waals surface area contributed by atoms with Gasteiger partial charge in [-0.3, -0.25) is 14.9 Å². The second kappa shape index (κ2) is 10.4. The zero-order chi connectivity index (χ0) is 26.0. The molecule has 36 heavy (non-hydrogen) atoms. The van der Waals surface area contributed by atoms with Gasteiger partial charge in [-0.05, 0) is 43.5 Å². The maximum Gasteiger partial charge on any atom is 0.256 e. The molecule has 0 bridgehead atoms. The van der Waals surface area contributed by atoms with Crippen LogP contribution < -0.4 is 11.2 Å². The van der Waals surface area contributed by atoms with Crippen LogP contribution >= 0.6 is 0 Å². The molecule has 0 saturated carbocycles. The summed E-state index contributed by atoms with van der Waals surface area (Å²) in [5, 5.41) is 0. The fraction of sp³-hybridized carbons (Fsp3) is 0.400. The minimum Gasteiger partial charge on any atom is -0.495 e. The Morgan fingerprint density at radius 2 is 2.06 bits per heavy atom. The first-order chi connectivity index (χ1) is 17.2. The Labute approximate surface area is 208 Å². The molecule has 3 aromatic rings. The fourth-order valence-electron chi connectivity index (χ4n) is 4.58. The standard InChI is InChI=1S/C25H31F2N7O2/c1-15(36-4)24-20(18-5-6-21-22(13-18)33(14-23(26)27)16(2)29-21)9-12-34(24)31-25(28)30-19-7-10-32(11-8-19)17(3)35/h5-6,9,12-13,19,23H,1,7-8,10-11,14H2,2-4H3,(H3,28,30,31). The summed E-state index contributed by atoms with van der Waals surface area (Å²) in [7, 11) is 1.52. The zero-order valence-corrected chi connectivity index (χ0v) is 20.7. The van der Waals surface area contributed by atoms with Crippen LogP contribution in [0.5, 0.6) is 0 Å². The van der Waals surface area contributed by atoms with Crippen LogP contribution in [0.4, 0.5) is 8.78 Å². The number of ether oxygens (including phenoxy) is 1. The zero-order valence-electron chi connectivity index (χ0n) is 20.7. The van der Waals surface area contributed by atoms with Gasteiger partial charge in [0.1, 0.15) is 17.3 Å². The van der Waals surface area contributed by atoms with Gasteiger partial charge in [-0.2, -0.15) is 0 Å². The molecule has 1 saturated heterocycles. The fourth-order valence-corrected chi connectivity index (χ4v) is 4.58. The summed E-state index contributed by atoms with van der Waals surface area (Å²) in [5.41, 5.74) is 12.8. The van der Waals surface area contributed by atoms with Gasteiger partial charge in [0, 0.05) is 31.8 Å². The monoisotopic (exact) mass is 499 g/mol. The number of benzene rings is 1. The number of aryl methyl sites for hydroxylation is 1. The van der Waals surface area contributed by atoms with E-state index in [0.717, 1.165) is 24.0 Å². The van der Waals surface area contributed by atoms with Crippen LogP contribution in [0.15, 0.2) is 42.0 Å². The van der Waals surface area contributed by atoms with Gasteiger partial charge in [0.25, 0.3) is 6.43 Å². The van der Waals surface area contributed by atoms with E-state index in [4.69, 9.17) is 10.5 Å². The quantitative estimate of drug-likeness (QED) is 0.294. The van der Waals surface area contributed by atoms with E-state index in [0.29, 0.717) is 41.4 Å². The van der Waals surface area contributed by atoms with Gasteiger partial charge in [0.15, 0.2) is 0 Å². The smallest absolute Gasteiger partial charge is 0.256 e. The lowest BCUT2D eigenvalue weighted by Gasteiger charge is -2.29. The lowest BCUT2D eigenvalue weighted by molar-refractivity contribution is -0.129. The number of aromatic nitrogens is 3. The number of fused-ring (bicyclic) bond motifs is 1. The molecule has 1 aliphatic rings. The van der Waals surface area contributed by atoms with Gasteiger partial charge in [-0.15, -0.1) is 0 Å². The van der Waals surface area contributed by atoms with Crippen LogP contribution in [0.2, 0.25) is 0 Å². The van der Waals surface area contributed by atoms with Crippen molar-refractivity contribution >= 4 is 28.7 Å². The van der Waals surface area contributed by atoms with Gasteiger partial charge in [0.2, 0.25) is 11.9 Å². The third-order valence-corrected chi connectivity index (χ3v) is 6.43. The van der Waals surface area contributed by atoms with Crippen molar-refractivity contribution in [3.05, 3.63) is 48.6 Å². The molecule has 0 radical (unpaired) electrons. The van der Waals surface area contributed by atoms with Crippen LogP contribution in [0.1, 0.15) is 31.3 Å². The second-order valence-corrected chi connectivity index (χ2v) is 8.80. The number of amides is 1. The Bertz CT molecular complexity index is 1300. The first-order valence-electron chi connectivity index (χ1n) is 11.7. The number of hydrogen-bond acceptors (Lipinski definition) is 4. The average Bonchev–Trinajstić information content (AvgIpc) is 3.38. The van der Waals surface area contributed by atoms with Crippen LogP contribution in [-0.2, 0) is 16.1 Å². The van der Waals surface area contributed by atoms with E-state index >= 15 is 0 Å². The highest BCUT2D eigenvalue weighted by atomic mass is 19.3. The van der Waals surface area contributed by atoms with Crippen molar-refractivity contribution in [1.82, 2.24) is 19.1 Å². The van der Waals surface area contributed by atoms with Crippen molar-refractivity contribution in [2.75, 3.05) is 25.6 Å². The number of rotatable bonds is 7. The van der Waals surface area contributed by atoms with Gasteiger partial charge < -0.3 is 19.9 Å². The Morgan fingerprint density at radius 3 is 2.69 bits per heavy atom. The van der Waals surface area contributed by atoms with E-state index in [1.54, 1.807) is 29.6 Å². The topological polar surface area (TPSA) is 103 Å². The molecule has 11 heteroatoms. The summed E-state index contributed by atoms with van der Waals surface area (Å²) in [6.45, 7) is 8.18. The van der Waals surface area contributed by atoms with Crippen molar-refractivity contribution in [3.8, 4) is 11.1 Å². The molecule has 0 aliphatic carbocycles. The van der Waals surface area contributed by atoms with Gasteiger partial charge in [-0.25, -0.2) is 18.8 Å². The summed E-state index contributed by atoms with van der Waals surface area (Å²) in [4.78, 5) is 22.3. The van der Waals surface area contributed by atoms with Crippen molar-refractivity contribution in [1.29, 1.82) is 0 Å². The molecule has 0 unspecified atom stereocenters. The minimum absolute atomic E-state index is 0.0120. The van der Waals surface area contributed by atoms with Gasteiger partial charge in [-0.1, -0.05) is 12.6 Å². The van der Waals surface area contributed by atoms with E-state index in [-0.39, 0.29) is 17.9 Å². The molecular weight excluding hydrogens is 468 g/mol. The predicted molar refractivity (Wildman–Crippen MR) is 136 cm³/mol. The Morgan fingerprint density at radius 1 is 1.33 bits per heavy atom. The number of halogens is 2. The van der Waals surface area contributed by atoms with Gasteiger partial charge in [0.05, 0.1) is 30.7 Å². The number of likely N-dealkylation sites (tertiary alicyclic amines) is 1. The van der Waals surface area contributed by atoms with E-state index in [9.17, 15) is 13.6 Å². The highest BCUT2D eigenvalue weighted by Gasteiger charge is 2.21. The molecule has 0 atom stereocenters. The van der Waals surface area contributed by atoms with Crippen molar-refractivity contribution in [2.24, 2.45) is 10.7 Å². The van der Waals surface area contributed by atoms with E-state index < -0.39 is 13.0 Å². The molecule has 4 rings (SSSR count). The number of hydrogen-bond donors (Lipinski definition) is 2. The number of guanidine groups is 1. The number of methoxy groups -OCH3 is 1. The number of nitrogens with one attached hydrogen (secondary N) is 1. The number of piperidine rings is 1. The highest BCUT2D eigenvalue weighted by Crippen LogP contribution is 2.32. The van der Waals surface area contributed by atoms with Crippen LogP contribution in [-0.4, -0.2) is 63.7 Å². The molecule has 3 N–H and O–H groups in total. The summed E-state index contributed by atoms with van der Waals surface area (Å²) < 4.78 is 35.0. The molecule has 192 valence electrons. The van der Waals surface area contributed by atoms with Crippen molar-refractivity contribution in [2.45, 2.75) is 45.7 Å². The lowest BCUT2D eigenvalue weighted by Crippen LogP contribution is -2.40. The summed E-state index contributed by atoms with van der Waals surface area (Å²) in [6.07, 6.45) is 0.766. The predicted octanol–water partition coefficient (Wildman–Crippen LogP) is 3.56. The highest BCUT2D eigenvalue weighted by molar-refractivity contribution is 5.89. The SMILES string of the molecule is C=C(OC)c1c(-c2ccc3nc(C)n(CC(F)F)c3c2)ccn1NC(N)=NC1CCN(C(C)=O)CC1. The molecule has 3 heterocycles. The third kappa shape index (κ3) is 5.19. The number of alkyl halides is 2.